The van der Waals surface area contributed by atoms with Crippen molar-refractivity contribution >= 4 is 34.3 Å². The summed E-state index contributed by atoms with van der Waals surface area (Å²) in [6, 6.07) is 18.6. The van der Waals surface area contributed by atoms with E-state index in [0.717, 1.165) is 27.9 Å². The molecule has 4 aromatic rings. The van der Waals surface area contributed by atoms with Gasteiger partial charge in [0.2, 0.25) is 0 Å². The lowest BCUT2D eigenvalue weighted by atomic mass is 10.1. The number of hydrogen-bond acceptors (Lipinski definition) is 5. The van der Waals surface area contributed by atoms with Crippen molar-refractivity contribution < 1.29 is 14.3 Å². The van der Waals surface area contributed by atoms with Gasteiger partial charge in [-0.1, -0.05) is 24.3 Å². The van der Waals surface area contributed by atoms with Crippen molar-refractivity contribution in [2.45, 2.75) is 13.5 Å². The number of amides is 1. The zero-order valence-corrected chi connectivity index (χ0v) is 17.2. The molecular formula is C24H22N4O3. The van der Waals surface area contributed by atoms with Gasteiger partial charge >= 0.3 is 5.97 Å². The van der Waals surface area contributed by atoms with Crippen LogP contribution in [0.1, 0.15) is 32.0 Å². The average Bonchev–Trinajstić information content (AvgIpc) is 3.23. The Hall–Kier alpha value is -4.13. The van der Waals surface area contributed by atoms with Gasteiger partial charge in [-0.3, -0.25) is 4.79 Å². The number of ether oxygens (including phenoxy) is 1. The fourth-order valence-corrected chi connectivity index (χ4v) is 3.26. The summed E-state index contributed by atoms with van der Waals surface area (Å²) in [5, 5.41) is 7.10. The molecule has 0 fully saturated rings. The molecule has 4 rings (SSSR count). The van der Waals surface area contributed by atoms with E-state index >= 15 is 0 Å². The van der Waals surface area contributed by atoms with Crippen molar-refractivity contribution in [3.8, 4) is 0 Å². The van der Waals surface area contributed by atoms with E-state index in [1.54, 1.807) is 24.4 Å². The van der Waals surface area contributed by atoms with Crippen LogP contribution in [0.4, 0.5) is 11.4 Å². The Kier molecular flexibility index (Phi) is 5.66. The maximum atomic E-state index is 12.4. The van der Waals surface area contributed by atoms with Crippen LogP contribution in [-0.4, -0.2) is 29.0 Å². The number of nitrogens with zero attached hydrogens (tertiary/aromatic N) is 1. The summed E-state index contributed by atoms with van der Waals surface area (Å²) in [5.74, 6) is -0.579. The van der Waals surface area contributed by atoms with Crippen molar-refractivity contribution in [2.24, 2.45) is 0 Å². The van der Waals surface area contributed by atoms with Crippen LogP contribution in [0.3, 0.4) is 0 Å². The predicted octanol–water partition coefficient (Wildman–Crippen LogP) is 4.52. The second-order valence-electron chi connectivity index (χ2n) is 7.15. The van der Waals surface area contributed by atoms with Crippen LogP contribution in [0.5, 0.6) is 0 Å². The van der Waals surface area contributed by atoms with E-state index in [1.165, 1.54) is 7.11 Å². The van der Waals surface area contributed by atoms with Gasteiger partial charge in [0.25, 0.3) is 5.91 Å². The summed E-state index contributed by atoms with van der Waals surface area (Å²) >= 11 is 0. The fourth-order valence-electron chi connectivity index (χ4n) is 3.26. The number of aryl methyl sites for hydroxylation is 1. The van der Waals surface area contributed by atoms with Gasteiger partial charge < -0.3 is 20.4 Å². The maximum absolute atomic E-state index is 12.4. The number of nitrogens with one attached hydrogen (secondary N) is 3. The van der Waals surface area contributed by atoms with Gasteiger partial charge in [0.05, 0.1) is 19.0 Å². The molecule has 0 aliphatic rings. The SMILES string of the molecule is COC(=O)c1cc2cc(NCc3cc(NC(=O)c4ccccc4)ccc3C)cnc2[nH]1. The van der Waals surface area contributed by atoms with Gasteiger partial charge in [-0.05, 0) is 54.4 Å². The van der Waals surface area contributed by atoms with Crippen LogP contribution in [-0.2, 0) is 11.3 Å². The molecular weight excluding hydrogens is 392 g/mol. The molecule has 0 aliphatic carbocycles. The fraction of sp³-hybridized carbons (Fsp3) is 0.125. The monoisotopic (exact) mass is 414 g/mol. The van der Waals surface area contributed by atoms with Crippen LogP contribution in [0, 0.1) is 6.92 Å². The molecule has 0 radical (unpaired) electrons. The molecule has 2 aromatic heterocycles. The molecule has 0 atom stereocenters. The Labute approximate surface area is 179 Å². The van der Waals surface area contributed by atoms with Crippen molar-refractivity contribution in [1.29, 1.82) is 0 Å². The zero-order valence-electron chi connectivity index (χ0n) is 17.2. The lowest BCUT2D eigenvalue weighted by Gasteiger charge is -2.12. The van der Waals surface area contributed by atoms with Crippen molar-refractivity contribution in [3.05, 3.63) is 89.2 Å². The number of fused-ring (bicyclic) bond motifs is 1. The Balaban J connectivity index is 1.47. The highest BCUT2D eigenvalue weighted by Gasteiger charge is 2.11. The van der Waals surface area contributed by atoms with E-state index in [1.807, 2.05) is 49.4 Å². The van der Waals surface area contributed by atoms with Crippen LogP contribution in [0.25, 0.3) is 11.0 Å². The largest absolute Gasteiger partial charge is 0.464 e. The number of aromatic amines is 1. The summed E-state index contributed by atoms with van der Waals surface area (Å²) in [7, 11) is 1.34. The molecule has 2 heterocycles. The normalized spacial score (nSPS) is 10.6. The smallest absolute Gasteiger partial charge is 0.354 e. The highest BCUT2D eigenvalue weighted by molar-refractivity contribution is 6.04. The Morgan fingerprint density at radius 2 is 1.84 bits per heavy atom. The minimum atomic E-state index is -0.433. The zero-order chi connectivity index (χ0) is 21.8. The minimum absolute atomic E-state index is 0.146. The average molecular weight is 414 g/mol. The third-order valence-corrected chi connectivity index (χ3v) is 5.00. The molecule has 156 valence electrons. The first-order valence-electron chi connectivity index (χ1n) is 9.80. The van der Waals surface area contributed by atoms with Crippen molar-refractivity contribution in [2.75, 3.05) is 17.7 Å². The number of benzene rings is 2. The number of H-pyrrole nitrogens is 1. The van der Waals surface area contributed by atoms with Crippen LogP contribution in [0.2, 0.25) is 0 Å². The number of methoxy groups -OCH3 is 1. The lowest BCUT2D eigenvalue weighted by Crippen LogP contribution is -2.12. The van der Waals surface area contributed by atoms with E-state index in [0.29, 0.717) is 23.4 Å². The second-order valence-corrected chi connectivity index (χ2v) is 7.15. The summed E-state index contributed by atoms with van der Waals surface area (Å²) in [6.45, 7) is 2.58. The number of hydrogen-bond donors (Lipinski definition) is 3. The Morgan fingerprint density at radius 1 is 1.03 bits per heavy atom. The van der Waals surface area contributed by atoms with Gasteiger partial charge in [0.1, 0.15) is 11.3 Å². The number of rotatable bonds is 6. The maximum Gasteiger partial charge on any atom is 0.354 e. The first-order valence-corrected chi connectivity index (χ1v) is 9.80. The highest BCUT2D eigenvalue weighted by Crippen LogP contribution is 2.21. The quantitative estimate of drug-likeness (QED) is 0.403. The first kappa shape index (κ1) is 20.2. The van der Waals surface area contributed by atoms with Crippen LogP contribution < -0.4 is 10.6 Å². The molecule has 0 unspecified atom stereocenters. The number of esters is 1. The first-order chi connectivity index (χ1) is 15.0. The molecule has 3 N–H and O–H groups in total. The standard InChI is InChI=1S/C24H22N4O3/c1-15-8-9-19(27-23(29)16-6-4-3-5-7-16)11-18(15)13-25-20-10-17-12-21(24(30)31-2)28-22(17)26-14-20/h3-12,14,25H,13H2,1-2H3,(H,26,28)(H,27,29). The number of aromatic nitrogens is 2. The molecule has 0 spiro atoms. The highest BCUT2D eigenvalue weighted by atomic mass is 16.5. The molecule has 0 saturated carbocycles. The molecule has 0 saturated heterocycles. The second kappa shape index (κ2) is 8.71. The van der Waals surface area contributed by atoms with E-state index < -0.39 is 5.97 Å². The number of pyridine rings is 1. The topological polar surface area (TPSA) is 96.1 Å². The van der Waals surface area contributed by atoms with Crippen molar-refractivity contribution in [1.82, 2.24) is 9.97 Å². The Morgan fingerprint density at radius 3 is 2.61 bits per heavy atom. The molecule has 2 aromatic carbocycles. The van der Waals surface area contributed by atoms with Crippen LogP contribution >= 0.6 is 0 Å². The molecule has 0 bridgehead atoms. The summed E-state index contributed by atoms with van der Waals surface area (Å²) in [6.07, 6.45) is 1.70. The number of carbonyl (C=O) groups is 2. The lowest BCUT2D eigenvalue weighted by molar-refractivity contribution is 0.0595. The summed E-state index contributed by atoms with van der Waals surface area (Å²) in [5.41, 5.74) is 5.30. The molecule has 7 nitrogen and oxygen atoms in total. The van der Waals surface area contributed by atoms with Crippen LogP contribution in [0.15, 0.2) is 66.9 Å². The molecule has 0 aliphatic heterocycles. The number of carbonyl (C=O) groups excluding carboxylic acids is 2. The third kappa shape index (κ3) is 4.56. The predicted molar refractivity (Wildman–Crippen MR) is 120 cm³/mol. The van der Waals surface area contributed by atoms with Gasteiger partial charge in [0.15, 0.2) is 0 Å². The van der Waals surface area contributed by atoms with E-state index in [2.05, 4.69) is 20.6 Å². The van der Waals surface area contributed by atoms with E-state index in [4.69, 9.17) is 4.74 Å². The summed E-state index contributed by atoms with van der Waals surface area (Å²) in [4.78, 5) is 31.4. The number of anilines is 2. The van der Waals surface area contributed by atoms with Crippen molar-refractivity contribution in [3.63, 3.8) is 0 Å². The van der Waals surface area contributed by atoms with E-state index in [-0.39, 0.29) is 5.91 Å². The van der Waals surface area contributed by atoms with E-state index in [9.17, 15) is 9.59 Å². The van der Waals surface area contributed by atoms with Gasteiger partial charge in [-0.25, -0.2) is 9.78 Å². The Bertz CT molecular complexity index is 1250. The molecule has 1 amide bonds. The van der Waals surface area contributed by atoms with Gasteiger partial charge in [-0.15, -0.1) is 0 Å². The minimum Gasteiger partial charge on any atom is -0.464 e. The van der Waals surface area contributed by atoms with Gasteiger partial charge in [-0.2, -0.15) is 0 Å². The summed E-state index contributed by atoms with van der Waals surface area (Å²) < 4.78 is 4.74. The molecule has 7 heteroatoms. The molecule has 31 heavy (non-hydrogen) atoms. The van der Waals surface area contributed by atoms with Gasteiger partial charge in [0, 0.05) is 23.2 Å². The third-order valence-electron chi connectivity index (χ3n) is 5.00.